The number of aryl methyl sites for hydroxylation is 1. The fraction of sp³-hybridized carbons (Fsp3) is 0.400. The third-order valence-electron chi connectivity index (χ3n) is 4.80. The third kappa shape index (κ3) is 4.31. The lowest BCUT2D eigenvalue weighted by atomic mass is 10.1. The highest BCUT2D eigenvalue weighted by Crippen LogP contribution is 2.20. The molecule has 1 aromatic carbocycles. The first-order valence-corrected chi connectivity index (χ1v) is 9.03. The van der Waals surface area contributed by atoms with E-state index in [2.05, 4.69) is 38.1 Å². The molecule has 1 fully saturated rings. The van der Waals surface area contributed by atoms with Crippen LogP contribution in [0.5, 0.6) is 0 Å². The Morgan fingerprint density at radius 1 is 1.19 bits per heavy atom. The third-order valence-corrected chi connectivity index (χ3v) is 4.80. The molecule has 2 heterocycles. The number of rotatable bonds is 4. The number of halogens is 1. The number of aromatic nitrogens is 1. The number of benzene rings is 1. The van der Waals surface area contributed by atoms with E-state index in [-0.39, 0.29) is 5.82 Å². The van der Waals surface area contributed by atoms with E-state index in [4.69, 9.17) is 0 Å². The predicted octanol–water partition coefficient (Wildman–Crippen LogP) is 2.47. The SMILES string of the molecule is CN=C(NCCc1ccncc1C)N1CCN(c2ccccc2F)CC1. The van der Waals surface area contributed by atoms with Crippen LogP contribution in [0.2, 0.25) is 0 Å². The molecule has 1 aromatic heterocycles. The zero-order chi connectivity index (χ0) is 18.4. The average Bonchev–Trinajstić information content (AvgIpc) is 2.67. The smallest absolute Gasteiger partial charge is 0.193 e. The van der Waals surface area contributed by atoms with Crippen LogP contribution in [0.3, 0.4) is 0 Å². The van der Waals surface area contributed by atoms with Crippen LogP contribution in [-0.4, -0.2) is 55.6 Å². The van der Waals surface area contributed by atoms with Crippen molar-refractivity contribution in [1.82, 2.24) is 15.2 Å². The number of anilines is 1. The second-order valence-corrected chi connectivity index (χ2v) is 6.45. The van der Waals surface area contributed by atoms with E-state index in [1.165, 1.54) is 17.2 Å². The van der Waals surface area contributed by atoms with Crippen LogP contribution in [0, 0.1) is 12.7 Å². The summed E-state index contributed by atoms with van der Waals surface area (Å²) in [6, 6.07) is 9.03. The normalized spacial score (nSPS) is 15.3. The monoisotopic (exact) mass is 355 g/mol. The van der Waals surface area contributed by atoms with Gasteiger partial charge in [-0.3, -0.25) is 9.98 Å². The van der Waals surface area contributed by atoms with E-state index < -0.39 is 0 Å². The molecule has 5 nitrogen and oxygen atoms in total. The van der Waals surface area contributed by atoms with Gasteiger partial charge in [0.15, 0.2) is 5.96 Å². The van der Waals surface area contributed by atoms with Crippen molar-refractivity contribution in [2.24, 2.45) is 4.99 Å². The molecule has 1 aliphatic heterocycles. The van der Waals surface area contributed by atoms with Crippen LogP contribution in [0.25, 0.3) is 0 Å². The van der Waals surface area contributed by atoms with Crippen LogP contribution in [-0.2, 0) is 6.42 Å². The van der Waals surface area contributed by atoms with Gasteiger partial charge in [0.2, 0.25) is 0 Å². The van der Waals surface area contributed by atoms with Gasteiger partial charge in [0.1, 0.15) is 5.82 Å². The molecule has 0 amide bonds. The van der Waals surface area contributed by atoms with Crippen molar-refractivity contribution in [2.45, 2.75) is 13.3 Å². The fourth-order valence-electron chi connectivity index (χ4n) is 3.29. The van der Waals surface area contributed by atoms with Crippen molar-refractivity contribution in [2.75, 3.05) is 44.7 Å². The summed E-state index contributed by atoms with van der Waals surface area (Å²) in [5.41, 5.74) is 3.19. The Bertz CT molecular complexity index is 753. The molecule has 0 spiro atoms. The zero-order valence-corrected chi connectivity index (χ0v) is 15.5. The van der Waals surface area contributed by atoms with Gasteiger partial charge >= 0.3 is 0 Å². The quantitative estimate of drug-likeness (QED) is 0.676. The lowest BCUT2D eigenvalue weighted by Gasteiger charge is -2.37. The molecule has 0 saturated carbocycles. The van der Waals surface area contributed by atoms with E-state index in [0.717, 1.165) is 45.1 Å². The molecule has 26 heavy (non-hydrogen) atoms. The number of pyridine rings is 1. The minimum Gasteiger partial charge on any atom is -0.366 e. The number of guanidine groups is 1. The molecular weight excluding hydrogens is 329 g/mol. The first kappa shape index (κ1) is 18.2. The Labute approximate surface area is 154 Å². The Balaban J connectivity index is 1.51. The zero-order valence-electron chi connectivity index (χ0n) is 15.5. The van der Waals surface area contributed by atoms with Crippen molar-refractivity contribution >= 4 is 11.6 Å². The van der Waals surface area contributed by atoms with Crippen molar-refractivity contribution < 1.29 is 4.39 Å². The maximum absolute atomic E-state index is 14.0. The maximum Gasteiger partial charge on any atom is 0.193 e. The Kier molecular flexibility index (Phi) is 6.04. The van der Waals surface area contributed by atoms with Gasteiger partial charge in [-0.2, -0.15) is 0 Å². The van der Waals surface area contributed by atoms with E-state index in [9.17, 15) is 4.39 Å². The second-order valence-electron chi connectivity index (χ2n) is 6.45. The summed E-state index contributed by atoms with van der Waals surface area (Å²) >= 11 is 0. The number of nitrogens with zero attached hydrogens (tertiary/aromatic N) is 4. The Hall–Kier alpha value is -2.63. The Morgan fingerprint density at radius 3 is 2.65 bits per heavy atom. The van der Waals surface area contributed by atoms with Gasteiger partial charge in [0.05, 0.1) is 5.69 Å². The molecule has 0 atom stereocenters. The van der Waals surface area contributed by atoms with E-state index in [1.54, 1.807) is 6.07 Å². The summed E-state index contributed by atoms with van der Waals surface area (Å²) in [6.07, 6.45) is 4.66. The number of hydrogen-bond donors (Lipinski definition) is 1. The minimum absolute atomic E-state index is 0.156. The number of piperazine rings is 1. The van der Waals surface area contributed by atoms with Crippen LogP contribution in [0.15, 0.2) is 47.7 Å². The topological polar surface area (TPSA) is 43.8 Å². The minimum atomic E-state index is -0.156. The van der Waals surface area contributed by atoms with E-state index >= 15 is 0 Å². The molecule has 0 unspecified atom stereocenters. The second kappa shape index (κ2) is 8.65. The number of para-hydroxylation sites is 1. The molecule has 0 aliphatic carbocycles. The summed E-state index contributed by atoms with van der Waals surface area (Å²) in [6.45, 7) is 6.12. The van der Waals surface area contributed by atoms with Gasteiger partial charge in [0.25, 0.3) is 0 Å². The standard InChI is InChI=1S/C20H26FN5/c1-16-15-23-9-7-17(16)8-10-24-20(22-2)26-13-11-25(12-14-26)19-6-4-3-5-18(19)21/h3-7,9,15H,8,10-14H2,1-2H3,(H,22,24). The average molecular weight is 355 g/mol. The Morgan fingerprint density at radius 2 is 1.96 bits per heavy atom. The molecule has 0 radical (unpaired) electrons. The van der Waals surface area contributed by atoms with E-state index in [1.807, 2.05) is 31.6 Å². The predicted molar refractivity (Wildman–Crippen MR) is 104 cm³/mol. The highest BCUT2D eigenvalue weighted by atomic mass is 19.1. The number of aliphatic imine (C=N–C) groups is 1. The van der Waals surface area contributed by atoms with Crippen LogP contribution < -0.4 is 10.2 Å². The van der Waals surface area contributed by atoms with E-state index in [0.29, 0.717) is 5.69 Å². The summed E-state index contributed by atoms with van der Waals surface area (Å²) < 4.78 is 14.0. The molecular formula is C20H26FN5. The lowest BCUT2D eigenvalue weighted by Crippen LogP contribution is -2.53. The summed E-state index contributed by atoms with van der Waals surface area (Å²) in [4.78, 5) is 12.9. The first-order chi connectivity index (χ1) is 12.7. The van der Waals surface area contributed by atoms with Crippen LogP contribution in [0.1, 0.15) is 11.1 Å². The maximum atomic E-state index is 14.0. The van der Waals surface area contributed by atoms with Crippen LogP contribution in [0.4, 0.5) is 10.1 Å². The summed E-state index contributed by atoms with van der Waals surface area (Å²) in [7, 11) is 1.81. The molecule has 1 saturated heterocycles. The van der Waals surface area contributed by atoms with Gasteiger partial charge in [0, 0.05) is 52.2 Å². The van der Waals surface area contributed by atoms with Gasteiger partial charge in [-0.15, -0.1) is 0 Å². The molecule has 138 valence electrons. The highest BCUT2D eigenvalue weighted by Gasteiger charge is 2.21. The van der Waals surface area contributed by atoms with Gasteiger partial charge in [-0.05, 0) is 42.7 Å². The molecule has 1 N–H and O–H groups in total. The highest BCUT2D eigenvalue weighted by molar-refractivity contribution is 5.80. The lowest BCUT2D eigenvalue weighted by molar-refractivity contribution is 0.371. The van der Waals surface area contributed by atoms with Crippen molar-refractivity contribution in [3.8, 4) is 0 Å². The fourth-order valence-corrected chi connectivity index (χ4v) is 3.29. The largest absolute Gasteiger partial charge is 0.366 e. The number of hydrogen-bond acceptors (Lipinski definition) is 3. The van der Waals surface area contributed by atoms with Gasteiger partial charge in [-0.25, -0.2) is 4.39 Å². The summed E-state index contributed by atoms with van der Waals surface area (Å²) in [5, 5.41) is 3.44. The molecule has 0 bridgehead atoms. The molecule has 2 aromatic rings. The van der Waals surface area contributed by atoms with Crippen molar-refractivity contribution in [3.05, 3.63) is 59.7 Å². The molecule has 3 rings (SSSR count). The van der Waals surface area contributed by atoms with Gasteiger partial charge < -0.3 is 15.1 Å². The van der Waals surface area contributed by atoms with Gasteiger partial charge in [-0.1, -0.05) is 12.1 Å². The van der Waals surface area contributed by atoms with Crippen molar-refractivity contribution in [3.63, 3.8) is 0 Å². The molecule has 6 heteroatoms. The molecule has 1 aliphatic rings. The van der Waals surface area contributed by atoms with Crippen molar-refractivity contribution in [1.29, 1.82) is 0 Å². The summed E-state index contributed by atoms with van der Waals surface area (Å²) in [5.74, 6) is 0.751. The van der Waals surface area contributed by atoms with Crippen LogP contribution >= 0.6 is 0 Å². The first-order valence-electron chi connectivity index (χ1n) is 9.03. The number of nitrogens with one attached hydrogen (secondary N) is 1.